The fourth-order valence-corrected chi connectivity index (χ4v) is 1.04. The average molecular weight is 182 g/mol. The SMILES string of the molecule is Cc1ccc(C(O)C(=O)S)cc1. The zero-order chi connectivity index (χ0) is 9.14. The number of hydrogen-bond acceptors (Lipinski definition) is 2. The van der Waals surface area contributed by atoms with Gasteiger partial charge in [-0.3, -0.25) is 4.79 Å². The average Bonchev–Trinajstić information content (AvgIpc) is 2.04. The number of carbonyl (C=O) groups excluding carboxylic acids is 1. The molecule has 0 aliphatic rings. The molecule has 0 saturated heterocycles. The van der Waals surface area contributed by atoms with Gasteiger partial charge < -0.3 is 5.11 Å². The zero-order valence-corrected chi connectivity index (χ0v) is 7.58. The molecule has 0 bridgehead atoms. The van der Waals surface area contributed by atoms with Gasteiger partial charge in [0.05, 0.1) is 0 Å². The summed E-state index contributed by atoms with van der Waals surface area (Å²) >= 11 is 3.54. The minimum absolute atomic E-state index is 0.529. The first-order valence-electron chi connectivity index (χ1n) is 3.58. The van der Waals surface area contributed by atoms with Gasteiger partial charge in [0.2, 0.25) is 5.12 Å². The molecule has 0 aliphatic carbocycles. The summed E-state index contributed by atoms with van der Waals surface area (Å²) in [5, 5.41) is 8.73. The molecule has 0 aromatic heterocycles. The minimum Gasteiger partial charge on any atom is -0.380 e. The van der Waals surface area contributed by atoms with E-state index in [4.69, 9.17) is 0 Å². The molecule has 0 amide bonds. The molecule has 1 aromatic carbocycles. The highest BCUT2D eigenvalue weighted by Gasteiger charge is 2.12. The maximum atomic E-state index is 10.6. The van der Waals surface area contributed by atoms with E-state index in [2.05, 4.69) is 12.6 Å². The Hall–Kier alpha value is -0.800. The van der Waals surface area contributed by atoms with Gasteiger partial charge in [-0.15, -0.1) is 12.6 Å². The van der Waals surface area contributed by atoms with Crippen LogP contribution in [0.25, 0.3) is 0 Å². The summed E-state index contributed by atoms with van der Waals surface area (Å²) in [6.45, 7) is 1.94. The van der Waals surface area contributed by atoms with E-state index in [1.807, 2.05) is 19.1 Å². The first-order chi connectivity index (χ1) is 5.61. The van der Waals surface area contributed by atoms with Gasteiger partial charge in [-0.1, -0.05) is 29.8 Å². The first kappa shape index (κ1) is 9.29. The van der Waals surface area contributed by atoms with Crippen LogP contribution < -0.4 is 0 Å². The molecule has 0 aliphatic heterocycles. The van der Waals surface area contributed by atoms with E-state index in [1.54, 1.807) is 12.1 Å². The Balaban J connectivity index is 2.89. The summed E-state index contributed by atoms with van der Waals surface area (Å²) in [6, 6.07) is 7.12. The van der Waals surface area contributed by atoms with E-state index in [0.717, 1.165) is 5.56 Å². The summed E-state index contributed by atoms with van der Waals surface area (Å²) in [4.78, 5) is 10.6. The van der Waals surface area contributed by atoms with Crippen molar-refractivity contribution < 1.29 is 9.90 Å². The number of aliphatic hydroxyl groups excluding tert-OH is 1. The Morgan fingerprint density at radius 3 is 2.33 bits per heavy atom. The van der Waals surface area contributed by atoms with Crippen molar-refractivity contribution >= 4 is 17.7 Å². The Morgan fingerprint density at radius 2 is 1.92 bits per heavy atom. The van der Waals surface area contributed by atoms with Gasteiger partial charge in [0.1, 0.15) is 6.10 Å². The van der Waals surface area contributed by atoms with Crippen LogP contribution >= 0.6 is 12.6 Å². The lowest BCUT2D eigenvalue weighted by atomic mass is 10.1. The van der Waals surface area contributed by atoms with Gasteiger partial charge >= 0.3 is 0 Å². The standard InChI is InChI=1S/C9H10O2S/c1-6-2-4-7(5-3-6)8(10)9(11)12/h2-5,8,10H,1H3,(H,11,12). The van der Waals surface area contributed by atoms with Gasteiger partial charge in [0.15, 0.2) is 0 Å². The van der Waals surface area contributed by atoms with Gasteiger partial charge in [0.25, 0.3) is 0 Å². The first-order valence-corrected chi connectivity index (χ1v) is 4.03. The van der Waals surface area contributed by atoms with Crippen LogP contribution in [0.1, 0.15) is 17.2 Å². The second-order valence-electron chi connectivity index (χ2n) is 2.65. The number of thiol groups is 1. The minimum atomic E-state index is -1.10. The van der Waals surface area contributed by atoms with Crippen LogP contribution in [-0.2, 0) is 4.79 Å². The van der Waals surface area contributed by atoms with Crippen molar-refractivity contribution in [2.45, 2.75) is 13.0 Å². The van der Waals surface area contributed by atoms with E-state index in [9.17, 15) is 9.90 Å². The lowest BCUT2D eigenvalue weighted by molar-refractivity contribution is -0.118. The van der Waals surface area contributed by atoms with Crippen LogP contribution in [0.2, 0.25) is 0 Å². The van der Waals surface area contributed by atoms with Crippen LogP contribution in [0.5, 0.6) is 0 Å². The Morgan fingerprint density at radius 1 is 1.42 bits per heavy atom. The lowest BCUT2D eigenvalue weighted by Crippen LogP contribution is -2.04. The molecule has 64 valence electrons. The number of hydrogen-bond donors (Lipinski definition) is 2. The highest BCUT2D eigenvalue weighted by molar-refractivity contribution is 7.96. The van der Waals surface area contributed by atoms with Crippen molar-refractivity contribution in [2.75, 3.05) is 0 Å². The fourth-order valence-electron chi connectivity index (χ4n) is 0.891. The van der Waals surface area contributed by atoms with E-state index in [1.165, 1.54) is 0 Å². The fraction of sp³-hybridized carbons (Fsp3) is 0.222. The summed E-state index contributed by atoms with van der Waals surface area (Å²) in [7, 11) is 0. The largest absolute Gasteiger partial charge is 0.380 e. The van der Waals surface area contributed by atoms with Crippen molar-refractivity contribution in [1.29, 1.82) is 0 Å². The molecule has 3 heteroatoms. The molecular weight excluding hydrogens is 172 g/mol. The van der Waals surface area contributed by atoms with Crippen LogP contribution in [0.15, 0.2) is 24.3 Å². The number of aryl methyl sites for hydroxylation is 1. The number of rotatable bonds is 2. The maximum Gasteiger partial charge on any atom is 0.218 e. The molecule has 12 heavy (non-hydrogen) atoms. The normalized spacial score (nSPS) is 12.6. The van der Waals surface area contributed by atoms with Crippen LogP contribution in [0.4, 0.5) is 0 Å². The molecule has 0 spiro atoms. The summed E-state index contributed by atoms with van der Waals surface area (Å²) in [6.07, 6.45) is -1.10. The highest BCUT2D eigenvalue weighted by Crippen LogP contribution is 2.15. The summed E-state index contributed by atoms with van der Waals surface area (Å²) < 4.78 is 0. The summed E-state index contributed by atoms with van der Waals surface area (Å²) in [5.74, 6) is 0. The quantitative estimate of drug-likeness (QED) is 0.680. The van der Waals surface area contributed by atoms with Crippen molar-refractivity contribution in [3.8, 4) is 0 Å². The van der Waals surface area contributed by atoms with Crippen LogP contribution in [0.3, 0.4) is 0 Å². The van der Waals surface area contributed by atoms with Gasteiger partial charge in [-0.25, -0.2) is 0 Å². The van der Waals surface area contributed by atoms with Crippen molar-refractivity contribution in [1.82, 2.24) is 0 Å². The van der Waals surface area contributed by atoms with Crippen molar-refractivity contribution in [3.63, 3.8) is 0 Å². The van der Waals surface area contributed by atoms with Crippen molar-refractivity contribution in [3.05, 3.63) is 35.4 Å². The molecule has 0 saturated carbocycles. The second kappa shape index (κ2) is 3.74. The number of carbonyl (C=O) groups is 1. The monoisotopic (exact) mass is 182 g/mol. The lowest BCUT2D eigenvalue weighted by Gasteiger charge is -2.05. The molecule has 1 rings (SSSR count). The molecule has 2 nitrogen and oxygen atoms in total. The van der Waals surface area contributed by atoms with Crippen LogP contribution in [-0.4, -0.2) is 10.2 Å². The van der Waals surface area contributed by atoms with Gasteiger partial charge in [-0.2, -0.15) is 0 Å². The van der Waals surface area contributed by atoms with E-state index in [-0.39, 0.29) is 0 Å². The topological polar surface area (TPSA) is 37.3 Å². The Labute approximate surface area is 76.6 Å². The third-order valence-electron chi connectivity index (χ3n) is 1.63. The van der Waals surface area contributed by atoms with E-state index >= 15 is 0 Å². The number of aliphatic hydroxyl groups is 1. The molecule has 0 fully saturated rings. The predicted octanol–water partition coefficient (Wildman–Crippen LogP) is 1.48. The molecule has 1 unspecified atom stereocenters. The van der Waals surface area contributed by atoms with Gasteiger partial charge in [-0.05, 0) is 12.5 Å². The Bertz CT molecular complexity index is 279. The molecule has 1 atom stereocenters. The van der Waals surface area contributed by atoms with E-state index < -0.39 is 11.2 Å². The molecule has 0 heterocycles. The molecule has 1 N–H and O–H groups in total. The third-order valence-corrected chi connectivity index (χ3v) is 1.87. The second-order valence-corrected chi connectivity index (χ2v) is 3.09. The van der Waals surface area contributed by atoms with E-state index in [0.29, 0.717) is 5.56 Å². The summed E-state index contributed by atoms with van der Waals surface area (Å²) in [5.41, 5.74) is 1.68. The predicted molar refractivity (Wildman–Crippen MR) is 50.1 cm³/mol. The number of benzene rings is 1. The van der Waals surface area contributed by atoms with Crippen molar-refractivity contribution in [2.24, 2.45) is 0 Å². The van der Waals surface area contributed by atoms with Crippen LogP contribution in [0, 0.1) is 6.92 Å². The molecule has 1 aromatic rings. The highest BCUT2D eigenvalue weighted by atomic mass is 32.1. The zero-order valence-electron chi connectivity index (χ0n) is 6.69. The molecular formula is C9H10O2S. The maximum absolute atomic E-state index is 10.6. The third kappa shape index (κ3) is 2.09. The molecule has 0 radical (unpaired) electrons. The Kier molecular flexibility index (Phi) is 2.89. The van der Waals surface area contributed by atoms with Gasteiger partial charge in [0, 0.05) is 0 Å². The smallest absolute Gasteiger partial charge is 0.218 e.